The first kappa shape index (κ1) is 22.3. The van der Waals surface area contributed by atoms with Crippen molar-refractivity contribution in [3.63, 3.8) is 0 Å². The Hall–Kier alpha value is -3.89. The quantitative estimate of drug-likeness (QED) is 0.334. The van der Waals surface area contributed by atoms with E-state index in [2.05, 4.69) is 25.2 Å². The molecule has 188 valence electrons. The minimum atomic E-state index is -0.619. The Labute approximate surface area is 212 Å². The van der Waals surface area contributed by atoms with E-state index in [-0.39, 0.29) is 5.41 Å². The standard InChI is InChI=1S/C27H28N8O2/c1-14-10-21(34-37-14)27(13-28)19-7-9-35(12-20(19)27)22-11-30-25-24(32-33-26(25)31-22)18-6-5-16(15(2)36)23-17(18)4-3-8-29-23/h3-6,8,10-11,15,19-20,36H,7,9,12-13,28H2,1-2H3,(H,31,32,33)/t15?,19-,20+,27+/m1/s1. The van der Waals surface area contributed by atoms with Crippen molar-refractivity contribution in [2.45, 2.75) is 31.8 Å². The van der Waals surface area contributed by atoms with Crippen LogP contribution in [0.2, 0.25) is 0 Å². The van der Waals surface area contributed by atoms with E-state index < -0.39 is 6.10 Å². The van der Waals surface area contributed by atoms with Crippen LogP contribution in [0.4, 0.5) is 5.82 Å². The van der Waals surface area contributed by atoms with E-state index in [1.807, 2.05) is 43.5 Å². The minimum absolute atomic E-state index is 0.113. The first-order valence-corrected chi connectivity index (χ1v) is 12.7. The first-order valence-electron chi connectivity index (χ1n) is 12.7. The number of rotatable bonds is 5. The van der Waals surface area contributed by atoms with Gasteiger partial charge in [-0.1, -0.05) is 23.4 Å². The molecule has 4 N–H and O–H groups in total. The van der Waals surface area contributed by atoms with Crippen LogP contribution < -0.4 is 10.6 Å². The zero-order valence-corrected chi connectivity index (χ0v) is 20.7. The van der Waals surface area contributed by atoms with Crippen LogP contribution in [0, 0.1) is 18.8 Å². The molecular formula is C27H28N8O2. The van der Waals surface area contributed by atoms with Crippen LogP contribution in [0.15, 0.2) is 47.2 Å². The number of aryl methyl sites for hydroxylation is 1. The fourth-order valence-electron chi connectivity index (χ4n) is 6.43. The number of pyridine rings is 1. The predicted octanol–water partition coefficient (Wildman–Crippen LogP) is 3.27. The Balaban J connectivity index is 1.21. The molecule has 37 heavy (non-hydrogen) atoms. The van der Waals surface area contributed by atoms with Crippen LogP contribution in [-0.4, -0.2) is 55.0 Å². The summed E-state index contributed by atoms with van der Waals surface area (Å²) in [5.74, 6) is 2.57. The van der Waals surface area contributed by atoms with Gasteiger partial charge >= 0.3 is 0 Å². The molecule has 7 rings (SSSR count). The average molecular weight is 497 g/mol. The first-order chi connectivity index (χ1) is 18.0. The lowest BCUT2D eigenvalue weighted by Gasteiger charge is -2.26. The van der Waals surface area contributed by atoms with Gasteiger partial charge in [0.2, 0.25) is 0 Å². The molecule has 2 aliphatic rings. The fourth-order valence-corrected chi connectivity index (χ4v) is 6.43. The third-order valence-corrected chi connectivity index (χ3v) is 8.36. The number of anilines is 1. The summed E-state index contributed by atoms with van der Waals surface area (Å²) in [7, 11) is 0. The maximum atomic E-state index is 10.2. The number of aromatic amines is 1. The number of hydrogen-bond donors (Lipinski definition) is 3. The van der Waals surface area contributed by atoms with Gasteiger partial charge in [0.25, 0.3) is 0 Å². The van der Waals surface area contributed by atoms with E-state index in [4.69, 9.17) is 20.2 Å². The molecule has 1 saturated heterocycles. The molecule has 10 heteroatoms. The summed E-state index contributed by atoms with van der Waals surface area (Å²) >= 11 is 0. The lowest BCUT2D eigenvalue weighted by molar-refractivity contribution is 0.200. The Kier molecular flexibility index (Phi) is 4.86. The number of aliphatic hydroxyl groups is 1. The number of nitrogens with zero attached hydrogens (tertiary/aromatic N) is 6. The number of hydrogen-bond acceptors (Lipinski definition) is 9. The summed E-state index contributed by atoms with van der Waals surface area (Å²) in [5, 5.41) is 23.1. The Bertz CT molecular complexity index is 1640. The van der Waals surface area contributed by atoms with Gasteiger partial charge in [-0.3, -0.25) is 10.1 Å². The molecule has 1 unspecified atom stereocenters. The summed E-state index contributed by atoms with van der Waals surface area (Å²) in [5.41, 5.74) is 11.7. The average Bonchev–Trinajstić information content (AvgIpc) is 3.16. The van der Waals surface area contributed by atoms with E-state index in [0.717, 1.165) is 58.8 Å². The minimum Gasteiger partial charge on any atom is -0.389 e. The molecule has 2 fully saturated rings. The summed E-state index contributed by atoms with van der Waals surface area (Å²) in [6.07, 6.45) is 3.97. The van der Waals surface area contributed by atoms with Gasteiger partial charge in [0.05, 0.1) is 23.5 Å². The molecule has 0 bridgehead atoms. The topological polar surface area (TPSA) is 143 Å². The molecule has 1 aliphatic heterocycles. The molecule has 1 aliphatic carbocycles. The van der Waals surface area contributed by atoms with Crippen LogP contribution in [0.3, 0.4) is 0 Å². The molecule has 1 saturated carbocycles. The zero-order valence-electron chi connectivity index (χ0n) is 20.7. The third-order valence-electron chi connectivity index (χ3n) is 8.36. The van der Waals surface area contributed by atoms with Crippen molar-refractivity contribution in [1.29, 1.82) is 0 Å². The Morgan fingerprint density at radius 3 is 2.92 bits per heavy atom. The van der Waals surface area contributed by atoms with Crippen molar-refractivity contribution in [2.24, 2.45) is 17.6 Å². The summed E-state index contributed by atoms with van der Waals surface area (Å²) in [4.78, 5) is 16.5. The maximum absolute atomic E-state index is 10.2. The number of aromatic nitrogens is 6. The number of benzene rings is 1. The summed E-state index contributed by atoms with van der Waals surface area (Å²) in [6.45, 7) is 5.97. The normalized spacial score (nSPS) is 23.9. The smallest absolute Gasteiger partial charge is 0.177 e. The van der Waals surface area contributed by atoms with Gasteiger partial charge in [0, 0.05) is 53.8 Å². The van der Waals surface area contributed by atoms with E-state index in [9.17, 15) is 5.11 Å². The molecule has 1 aromatic carbocycles. The van der Waals surface area contributed by atoms with E-state index in [1.165, 1.54) is 0 Å². The molecule has 4 atom stereocenters. The van der Waals surface area contributed by atoms with Crippen LogP contribution >= 0.6 is 0 Å². The second-order valence-electron chi connectivity index (χ2n) is 10.3. The molecule has 0 radical (unpaired) electrons. The van der Waals surface area contributed by atoms with Crippen molar-refractivity contribution < 1.29 is 9.63 Å². The SMILES string of the molecule is Cc1cc([C@@]2(CN)[C@@H]3CCN(c4cnc5c(-c6ccc(C(C)O)c7ncccc67)n[nH]c5n4)C[C@@H]32)no1. The number of nitrogens with one attached hydrogen (secondary N) is 1. The van der Waals surface area contributed by atoms with E-state index in [1.54, 1.807) is 13.1 Å². The van der Waals surface area contributed by atoms with Gasteiger partial charge in [-0.25, -0.2) is 9.97 Å². The van der Waals surface area contributed by atoms with E-state index in [0.29, 0.717) is 35.2 Å². The number of H-pyrrole nitrogens is 1. The number of piperidine rings is 1. The highest BCUT2D eigenvalue weighted by molar-refractivity contribution is 6.01. The van der Waals surface area contributed by atoms with Gasteiger partial charge < -0.3 is 20.3 Å². The van der Waals surface area contributed by atoms with Crippen molar-refractivity contribution in [2.75, 3.05) is 24.5 Å². The van der Waals surface area contributed by atoms with Crippen LogP contribution in [0.1, 0.15) is 36.5 Å². The molecule has 0 spiro atoms. The molecule has 5 heterocycles. The van der Waals surface area contributed by atoms with Gasteiger partial charge in [-0.2, -0.15) is 5.10 Å². The van der Waals surface area contributed by atoms with Crippen LogP contribution in [0.5, 0.6) is 0 Å². The number of fused-ring (bicyclic) bond motifs is 3. The van der Waals surface area contributed by atoms with Crippen molar-refractivity contribution in [3.05, 3.63) is 59.7 Å². The highest BCUT2D eigenvalue weighted by Crippen LogP contribution is 2.62. The van der Waals surface area contributed by atoms with Crippen LogP contribution in [0.25, 0.3) is 33.3 Å². The summed E-state index contributed by atoms with van der Waals surface area (Å²) in [6, 6.07) is 9.77. The predicted molar refractivity (Wildman–Crippen MR) is 139 cm³/mol. The van der Waals surface area contributed by atoms with Gasteiger partial charge in [-0.15, -0.1) is 0 Å². The molecule has 10 nitrogen and oxygen atoms in total. The Morgan fingerprint density at radius 2 is 2.14 bits per heavy atom. The zero-order chi connectivity index (χ0) is 25.3. The number of aliphatic hydroxyl groups excluding tert-OH is 1. The fraction of sp³-hybridized carbons (Fsp3) is 0.370. The van der Waals surface area contributed by atoms with E-state index >= 15 is 0 Å². The second-order valence-corrected chi connectivity index (χ2v) is 10.3. The van der Waals surface area contributed by atoms with Gasteiger partial charge in [0.1, 0.15) is 22.8 Å². The second kappa shape index (κ2) is 8.06. The van der Waals surface area contributed by atoms with Gasteiger partial charge in [0.15, 0.2) is 5.65 Å². The molecule has 5 aromatic rings. The maximum Gasteiger partial charge on any atom is 0.177 e. The highest BCUT2D eigenvalue weighted by atomic mass is 16.5. The largest absolute Gasteiger partial charge is 0.389 e. The van der Waals surface area contributed by atoms with Crippen molar-refractivity contribution >= 4 is 27.9 Å². The van der Waals surface area contributed by atoms with Crippen molar-refractivity contribution in [3.8, 4) is 11.3 Å². The highest BCUT2D eigenvalue weighted by Gasteiger charge is 2.67. The summed E-state index contributed by atoms with van der Waals surface area (Å²) < 4.78 is 5.37. The lowest BCUT2D eigenvalue weighted by atomic mass is 9.97. The van der Waals surface area contributed by atoms with Gasteiger partial charge in [-0.05, 0) is 38.2 Å². The van der Waals surface area contributed by atoms with Crippen LogP contribution in [-0.2, 0) is 5.41 Å². The monoisotopic (exact) mass is 496 g/mol. The van der Waals surface area contributed by atoms with Crippen molar-refractivity contribution in [1.82, 2.24) is 30.3 Å². The Morgan fingerprint density at radius 1 is 1.24 bits per heavy atom. The molecule has 0 amide bonds. The lowest BCUT2D eigenvalue weighted by Crippen LogP contribution is -2.32. The molecule has 4 aromatic heterocycles. The molecular weight excluding hydrogens is 468 g/mol. The number of nitrogens with two attached hydrogens (primary N) is 1. The third kappa shape index (κ3) is 3.22.